The molecule has 25 heavy (non-hydrogen) atoms. The van der Waals surface area contributed by atoms with Crippen LogP contribution in [0.2, 0.25) is 10.0 Å². The van der Waals surface area contributed by atoms with Crippen LogP contribution in [0.5, 0.6) is 11.5 Å². The summed E-state index contributed by atoms with van der Waals surface area (Å²) in [7, 11) is 0. The summed E-state index contributed by atoms with van der Waals surface area (Å²) in [4.78, 5) is 23.5. The smallest absolute Gasteiger partial charge is 0.348 e. The summed E-state index contributed by atoms with van der Waals surface area (Å²) in [5.41, 5.74) is 1.42. The molecule has 2 aromatic rings. The SMILES string of the molecule is C/C(=N/NC(=O)COc1ccc(Cl)cc1Cl)c1c(O)cc(C)oc1=O. The zero-order valence-corrected chi connectivity index (χ0v) is 14.8. The molecular weight excluding hydrogens is 371 g/mol. The van der Waals surface area contributed by atoms with E-state index in [1.807, 2.05) is 0 Å². The van der Waals surface area contributed by atoms with Crippen molar-refractivity contribution in [3.63, 3.8) is 0 Å². The largest absolute Gasteiger partial charge is 0.507 e. The van der Waals surface area contributed by atoms with E-state index >= 15 is 0 Å². The van der Waals surface area contributed by atoms with Crippen molar-refractivity contribution >= 4 is 34.8 Å². The molecule has 0 saturated carbocycles. The number of hydrogen-bond acceptors (Lipinski definition) is 6. The summed E-state index contributed by atoms with van der Waals surface area (Å²) in [6.07, 6.45) is 0. The van der Waals surface area contributed by atoms with Crippen molar-refractivity contribution < 1.29 is 19.1 Å². The van der Waals surface area contributed by atoms with E-state index in [2.05, 4.69) is 10.5 Å². The van der Waals surface area contributed by atoms with Gasteiger partial charge in [0.2, 0.25) is 0 Å². The van der Waals surface area contributed by atoms with Crippen molar-refractivity contribution in [2.75, 3.05) is 6.61 Å². The minimum atomic E-state index is -0.753. The van der Waals surface area contributed by atoms with E-state index in [4.69, 9.17) is 32.4 Å². The fourth-order valence-electron chi connectivity index (χ4n) is 1.90. The average molecular weight is 385 g/mol. The number of amides is 1. The predicted molar refractivity (Wildman–Crippen MR) is 93.7 cm³/mol. The second kappa shape index (κ2) is 8.04. The van der Waals surface area contributed by atoms with Gasteiger partial charge in [-0.1, -0.05) is 23.2 Å². The van der Waals surface area contributed by atoms with E-state index in [0.717, 1.165) is 0 Å². The van der Waals surface area contributed by atoms with Gasteiger partial charge in [0.1, 0.15) is 22.8 Å². The van der Waals surface area contributed by atoms with E-state index in [0.29, 0.717) is 10.8 Å². The Hall–Kier alpha value is -2.51. The highest BCUT2D eigenvalue weighted by atomic mass is 35.5. The van der Waals surface area contributed by atoms with Gasteiger partial charge in [0.05, 0.1) is 10.7 Å². The molecular formula is C16H14Cl2N2O5. The van der Waals surface area contributed by atoms with E-state index in [1.54, 1.807) is 6.07 Å². The van der Waals surface area contributed by atoms with Gasteiger partial charge in [0, 0.05) is 11.1 Å². The molecule has 9 heteroatoms. The second-order valence-corrected chi connectivity index (χ2v) is 5.84. The van der Waals surface area contributed by atoms with Crippen LogP contribution < -0.4 is 15.8 Å². The van der Waals surface area contributed by atoms with Gasteiger partial charge in [-0.2, -0.15) is 5.10 Å². The highest BCUT2D eigenvalue weighted by molar-refractivity contribution is 6.35. The molecule has 132 valence electrons. The Morgan fingerprint density at radius 1 is 1.36 bits per heavy atom. The molecule has 0 aliphatic rings. The summed E-state index contributed by atoms with van der Waals surface area (Å²) in [6, 6.07) is 5.87. The van der Waals surface area contributed by atoms with Crippen LogP contribution in [0, 0.1) is 6.92 Å². The first-order valence-corrected chi connectivity index (χ1v) is 7.78. The number of aryl methyl sites for hydroxylation is 1. The fraction of sp³-hybridized carbons (Fsp3) is 0.188. The van der Waals surface area contributed by atoms with E-state index in [-0.39, 0.29) is 34.4 Å². The maximum absolute atomic E-state index is 11.8. The summed E-state index contributed by atoms with van der Waals surface area (Å²) < 4.78 is 10.1. The highest BCUT2D eigenvalue weighted by Gasteiger charge is 2.13. The van der Waals surface area contributed by atoms with Crippen LogP contribution in [0.3, 0.4) is 0 Å². The first kappa shape index (κ1) is 18.8. The average Bonchev–Trinajstić information content (AvgIpc) is 2.51. The lowest BCUT2D eigenvalue weighted by atomic mass is 10.2. The van der Waals surface area contributed by atoms with E-state index < -0.39 is 11.5 Å². The normalized spacial score (nSPS) is 11.3. The van der Waals surface area contributed by atoms with Crippen LogP contribution in [-0.4, -0.2) is 23.3 Å². The molecule has 0 aliphatic heterocycles. The molecule has 0 saturated heterocycles. The molecule has 0 bridgehead atoms. The van der Waals surface area contributed by atoms with Crippen LogP contribution in [0.15, 0.2) is 38.6 Å². The number of benzene rings is 1. The Balaban J connectivity index is 2.01. The second-order valence-electron chi connectivity index (χ2n) is 5.00. The van der Waals surface area contributed by atoms with Crippen molar-refractivity contribution in [3.05, 3.63) is 56.1 Å². The molecule has 1 heterocycles. The minimum absolute atomic E-state index is 0.0872. The number of hydrazone groups is 1. The lowest BCUT2D eigenvalue weighted by molar-refractivity contribution is -0.123. The molecule has 1 amide bonds. The van der Waals surface area contributed by atoms with Crippen LogP contribution in [0.4, 0.5) is 0 Å². The molecule has 0 fully saturated rings. The molecule has 0 radical (unpaired) electrons. The molecule has 2 N–H and O–H groups in total. The monoisotopic (exact) mass is 384 g/mol. The Bertz CT molecular complexity index is 893. The first-order valence-electron chi connectivity index (χ1n) is 7.03. The Morgan fingerprint density at radius 2 is 2.08 bits per heavy atom. The summed E-state index contributed by atoms with van der Waals surface area (Å²) in [5.74, 6) is -0.315. The lowest BCUT2D eigenvalue weighted by Gasteiger charge is -2.08. The molecule has 0 atom stereocenters. The zero-order chi connectivity index (χ0) is 18.6. The van der Waals surface area contributed by atoms with Gasteiger partial charge in [0.15, 0.2) is 6.61 Å². The number of carbonyl (C=O) groups excluding carboxylic acids is 1. The highest BCUT2D eigenvalue weighted by Crippen LogP contribution is 2.27. The molecule has 2 rings (SSSR count). The maximum atomic E-state index is 11.8. The van der Waals surface area contributed by atoms with Crippen molar-refractivity contribution in [1.82, 2.24) is 5.43 Å². The van der Waals surface area contributed by atoms with Gasteiger partial charge in [-0.3, -0.25) is 4.79 Å². The fourth-order valence-corrected chi connectivity index (χ4v) is 2.36. The van der Waals surface area contributed by atoms with Crippen molar-refractivity contribution in [2.24, 2.45) is 5.10 Å². The van der Waals surface area contributed by atoms with Gasteiger partial charge in [-0.25, -0.2) is 10.2 Å². The van der Waals surface area contributed by atoms with Gasteiger partial charge in [-0.15, -0.1) is 0 Å². The Labute approximate surface area is 152 Å². The van der Waals surface area contributed by atoms with Crippen molar-refractivity contribution in [3.8, 4) is 11.5 Å². The quantitative estimate of drug-likeness (QED) is 0.609. The van der Waals surface area contributed by atoms with E-state index in [1.165, 1.54) is 32.0 Å². The lowest BCUT2D eigenvalue weighted by Crippen LogP contribution is -2.26. The maximum Gasteiger partial charge on any atom is 0.348 e. The number of rotatable bonds is 5. The van der Waals surface area contributed by atoms with E-state index in [9.17, 15) is 14.7 Å². The summed E-state index contributed by atoms with van der Waals surface area (Å²) in [6.45, 7) is 2.61. The number of ether oxygens (including phenoxy) is 1. The Kier molecular flexibility index (Phi) is 6.06. The zero-order valence-electron chi connectivity index (χ0n) is 13.3. The standard InChI is InChI=1S/C16H14Cl2N2O5/c1-8-5-12(21)15(16(23)25-8)9(2)19-20-14(22)7-24-13-4-3-10(17)6-11(13)18/h3-6,21H,7H2,1-2H3,(H,20,22)/b19-9-. The third-order valence-electron chi connectivity index (χ3n) is 3.02. The number of nitrogens with zero attached hydrogens (tertiary/aromatic N) is 1. The van der Waals surface area contributed by atoms with Gasteiger partial charge < -0.3 is 14.3 Å². The van der Waals surface area contributed by atoms with Gasteiger partial charge in [0.25, 0.3) is 5.91 Å². The topological polar surface area (TPSA) is 101 Å². The number of carbonyl (C=O) groups is 1. The molecule has 1 aromatic carbocycles. The third-order valence-corrected chi connectivity index (χ3v) is 3.55. The number of halogens is 2. The van der Waals surface area contributed by atoms with Crippen molar-refractivity contribution in [2.45, 2.75) is 13.8 Å². The molecule has 0 aliphatic carbocycles. The third kappa shape index (κ3) is 4.98. The van der Waals surface area contributed by atoms with Crippen LogP contribution >= 0.6 is 23.2 Å². The van der Waals surface area contributed by atoms with Gasteiger partial charge in [-0.05, 0) is 32.0 Å². The molecule has 7 nitrogen and oxygen atoms in total. The molecule has 0 spiro atoms. The molecule has 1 aromatic heterocycles. The number of hydrogen-bond donors (Lipinski definition) is 2. The van der Waals surface area contributed by atoms with Crippen LogP contribution in [0.1, 0.15) is 18.2 Å². The minimum Gasteiger partial charge on any atom is -0.507 e. The summed E-state index contributed by atoms with van der Waals surface area (Å²) in [5, 5.41) is 14.3. The number of nitrogens with one attached hydrogen (secondary N) is 1. The predicted octanol–water partition coefficient (Wildman–Crippen LogP) is 2.88. The Morgan fingerprint density at radius 3 is 2.72 bits per heavy atom. The first-order chi connectivity index (χ1) is 11.8. The number of aromatic hydroxyl groups is 1. The van der Waals surface area contributed by atoms with Crippen LogP contribution in [-0.2, 0) is 4.79 Å². The molecule has 0 unspecified atom stereocenters. The summed E-state index contributed by atoms with van der Waals surface area (Å²) >= 11 is 11.7. The van der Waals surface area contributed by atoms with Crippen molar-refractivity contribution in [1.29, 1.82) is 0 Å². The van der Waals surface area contributed by atoms with Gasteiger partial charge >= 0.3 is 5.63 Å². The van der Waals surface area contributed by atoms with Crippen LogP contribution in [0.25, 0.3) is 0 Å².